The van der Waals surface area contributed by atoms with Gasteiger partial charge in [-0.05, 0) is 37.3 Å². The molecule has 2 heterocycles. The Hall–Kier alpha value is -1.29. The van der Waals surface area contributed by atoms with Gasteiger partial charge >= 0.3 is 0 Å². The summed E-state index contributed by atoms with van der Waals surface area (Å²) in [6, 6.07) is 4.01. The molecule has 3 rings (SSSR count). The van der Waals surface area contributed by atoms with Crippen molar-refractivity contribution >= 4 is 17.2 Å². The molecule has 0 aliphatic heterocycles. The lowest BCUT2D eigenvalue weighted by atomic mass is 9.99. The standard InChI is InChI=1S/C11H12N2OS/c12-11-6-8(14-13-11)10-5-7-3-1-2-4-9(7)15-10/h5-6H,1-4H2,(H2,12,13). The summed E-state index contributed by atoms with van der Waals surface area (Å²) in [6.07, 6.45) is 5.03. The van der Waals surface area contributed by atoms with E-state index < -0.39 is 0 Å². The number of nitrogens with two attached hydrogens (primary N) is 1. The Labute approximate surface area is 91.9 Å². The highest BCUT2D eigenvalue weighted by molar-refractivity contribution is 7.15. The predicted molar refractivity (Wildman–Crippen MR) is 60.9 cm³/mol. The van der Waals surface area contributed by atoms with E-state index in [4.69, 9.17) is 10.3 Å². The zero-order chi connectivity index (χ0) is 10.3. The van der Waals surface area contributed by atoms with E-state index in [-0.39, 0.29) is 0 Å². The van der Waals surface area contributed by atoms with Crippen molar-refractivity contribution in [2.75, 3.05) is 5.73 Å². The second kappa shape index (κ2) is 3.38. The van der Waals surface area contributed by atoms with Gasteiger partial charge < -0.3 is 10.3 Å². The number of hydrogen-bond acceptors (Lipinski definition) is 4. The van der Waals surface area contributed by atoms with E-state index in [1.165, 1.54) is 36.1 Å². The third kappa shape index (κ3) is 1.55. The highest BCUT2D eigenvalue weighted by Crippen LogP contribution is 2.36. The molecular weight excluding hydrogens is 208 g/mol. The average molecular weight is 220 g/mol. The molecule has 0 radical (unpaired) electrons. The summed E-state index contributed by atoms with van der Waals surface area (Å²) in [6.45, 7) is 0. The fourth-order valence-corrected chi connectivity index (χ4v) is 3.22. The molecule has 3 nitrogen and oxygen atoms in total. The first kappa shape index (κ1) is 8.97. The van der Waals surface area contributed by atoms with Crippen LogP contribution in [0.3, 0.4) is 0 Å². The molecule has 0 saturated heterocycles. The molecule has 2 N–H and O–H groups in total. The lowest BCUT2D eigenvalue weighted by Gasteiger charge is -2.08. The van der Waals surface area contributed by atoms with Crippen LogP contribution in [0.1, 0.15) is 23.3 Å². The minimum atomic E-state index is 0.455. The van der Waals surface area contributed by atoms with Crippen LogP contribution >= 0.6 is 11.3 Å². The van der Waals surface area contributed by atoms with Gasteiger partial charge in [-0.3, -0.25) is 0 Å². The molecule has 0 unspecified atom stereocenters. The van der Waals surface area contributed by atoms with Crippen molar-refractivity contribution in [1.82, 2.24) is 5.16 Å². The second-order valence-electron chi connectivity index (χ2n) is 3.88. The average Bonchev–Trinajstić information content (AvgIpc) is 2.82. The minimum Gasteiger partial charge on any atom is -0.381 e. The van der Waals surface area contributed by atoms with Gasteiger partial charge in [-0.1, -0.05) is 5.16 Å². The molecule has 78 valence electrons. The van der Waals surface area contributed by atoms with Gasteiger partial charge in [-0.25, -0.2) is 0 Å². The second-order valence-corrected chi connectivity index (χ2v) is 5.02. The number of rotatable bonds is 1. The van der Waals surface area contributed by atoms with Crippen molar-refractivity contribution < 1.29 is 4.52 Å². The van der Waals surface area contributed by atoms with Crippen molar-refractivity contribution in [3.05, 3.63) is 22.6 Å². The van der Waals surface area contributed by atoms with Gasteiger partial charge in [-0.2, -0.15) is 0 Å². The van der Waals surface area contributed by atoms with Crippen LogP contribution in [0.2, 0.25) is 0 Å². The summed E-state index contributed by atoms with van der Waals surface area (Å²) in [5.74, 6) is 1.25. The van der Waals surface area contributed by atoms with Crippen LogP contribution < -0.4 is 5.73 Å². The van der Waals surface area contributed by atoms with Crippen molar-refractivity contribution in [2.45, 2.75) is 25.7 Å². The topological polar surface area (TPSA) is 52.0 Å². The van der Waals surface area contributed by atoms with E-state index in [2.05, 4.69) is 11.2 Å². The van der Waals surface area contributed by atoms with Crippen LogP contribution in [0, 0.1) is 0 Å². The number of anilines is 1. The number of nitrogens with zero attached hydrogens (tertiary/aromatic N) is 1. The number of hydrogen-bond donors (Lipinski definition) is 1. The largest absolute Gasteiger partial charge is 0.381 e. The fraction of sp³-hybridized carbons (Fsp3) is 0.364. The molecule has 15 heavy (non-hydrogen) atoms. The summed E-state index contributed by atoms with van der Waals surface area (Å²) in [4.78, 5) is 2.66. The molecule has 4 heteroatoms. The Kier molecular flexibility index (Phi) is 2.02. The molecule has 0 atom stereocenters. The normalized spacial score (nSPS) is 15.2. The number of fused-ring (bicyclic) bond motifs is 1. The Morgan fingerprint density at radius 2 is 2.13 bits per heavy atom. The van der Waals surface area contributed by atoms with E-state index in [9.17, 15) is 0 Å². The Bertz CT molecular complexity index is 463. The first-order valence-corrected chi connectivity index (χ1v) is 5.99. The smallest absolute Gasteiger partial charge is 0.179 e. The van der Waals surface area contributed by atoms with E-state index >= 15 is 0 Å². The third-order valence-corrected chi connectivity index (χ3v) is 4.02. The molecule has 0 spiro atoms. The van der Waals surface area contributed by atoms with E-state index in [1.807, 2.05) is 11.3 Å². The molecule has 0 bridgehead atoms. The maximum atomic E-state index is 5.54. The van der Waals surface area contributed by atoms with Crippen molar-refractivity contribution in [2.24, 2.45) is 0 Å². The van der Waals surface area contributed by atoms with Gasteiger partial charge in [0.2, 0.25) is 0 Å². The molecule has 1 aliphatic rings. The minimum absolute atomic E-state index is 0.455. The summed E-state index contributed by atoms with van der Waals surface area (Å²) < 4.78 is 5.16. The molecular formula is C11H12N2OS. The SMILES string of the molecule is Nc1cc(-c2cc3c(s2)CCCC3)on1. The molecule has 0 fully saturated rings. The van der Waals surface area contributed by atoms with Crippen LogP contribution in [-0.2, 0) is 12.8 Å². The van der Waals surface area contributed by atoms with Gasteiger partial charge in [0.15, 0.2) is 11.6 Å². The van der Waals surface area contributed by atoms with Gasteiger partial charge in [0.25, 0.3) is 0 Å². The summed E-state index contributed by atoms with van der Waals surface area (Å²) in [7, 11) is 0. The van der Waals surface area contributed by atoms with Gasteiger partial charge in [-0.15, -0.1) is 11.3 Å². The van der Waals surface area contributed by atoms with E-state index in [0.29, 0.717) is 5.82 Å². The van der Waals surface area contributed by atoms with Gasteiger partial charge in [0.1, 0.15) is 0 Å². The van der Waals surface area contributed by atoms with Gasteiger partial charge in [0.05, 0.1) is 4.88 Å². The maximum Gasteiger partial charge on any atom is 0.179 e. The van der Waals surface area contributed by atoms with Crippen LogP contribution in [-0.4, -0.2) is 5.16 Å². The van der Waals surface area contributed by atoms with E-state index in [0.717, 1.165) is 10.6 Å². The zero-order valence-corrected chi connectivity index (χ0v) is 9.14. The molecule has 0 saturated carbocycles. The number of nitrogen functional groups attached to an aromatic ring is 1. The maximum absolute atomic E-state index is 5.54. The Morgan fingerprint density at radius 3 is 2.87 bits per heavy atom. The molecule has 2 aromatic rings. The number of thiophene rings is 1. The monoisotopic (exact) mass is 220 g/mol. The van der Waals surface area contributed by atoms with Gasteiger partial charge in [0, 0.05) is 10.9 Å². The first-order valence-electron chi connectivity index (χ1n) is 5.17. The molecule has 0 amide bonds. The third-order valence-electron chi connectivity index (χ3n) is 2.77. The highest BCUT2D eigenvalue weighted by Gasteiger charge is 2.16. The molecule has 1 aliphatic carbocycles. The van der Waals surface area contributed by atoms with Crippen molar-refractivity contribution in [3.8, 4) is 10.6 Å². The van der Waals surface area contributed by atoms with Crippen LogP contribution in [0.4, 0.5) is 5.82 Å². The Balaban J connectivity index is 2.02. The number of aromatic nitrogens is 1. The number of aryl methyl sites for hydroxylation is 2. The summed E-state index contributed by atoms with van der Waals surface area (Å²) in [5.41, 5.74) is 7.02. The van der Waals surface area contributed by atoms with Crippen LogP contribution in [0.5, 0.6) is 0 Å². The quantitative estimate of drug-likeness (QED) is 0.804. The molecule has 2 aromatic heterocycles. The molecule has 0 aromatic carbocycles. The summed E-state index contributed by atoms with van der Waals surface area (Å²) in [5, 5.41) is 3.71. The first-order chi connectivity index (χ1) is 7.33. The lowest BCUT2D eigenvalue weighted by Crippen LogP contribution is -1.96. The van der Waals surface area contributed by atoms with Crippen molar-refractivity contribution in [1.29, 1.82) is 0 Å². The zero-order valence-electron chi connectivity index (χ0n) is 8.32. The van der Waals surface area contributed by atoms with Crippen molar-refractivity contribution in [3.63, 3.8) is 0 Å². The lowest BCUT2D eigenvalue weighted by molar-refractivity contribution is 0.436. The predicted octanol–water partition coefficient (Wildman–Crippen LogP) is 2.86. The van der Waals surface area contributed by atoms with Crippen LogP contribution in [0.15, 0.2) is 16.7 Å². The Morgan fingerprint density at radius 1 is 1.27 bits per heavy atom. The van der Waals surface area contributed by atoms with Crippen LogP contribution in [0.25, 0.3) is 10.6 Å². The highest BCUT2D eigenvalue weighted by atomic mass is 32.1. The summed E-state index contributed by atoms with van der Waals surface area (Å²) >= 11 is 1.81. The fourth-order valence-electron chi connectivity index (χ4n) is 2.02. The van der Waals surface area contributed by atoms with E-state index in [1.54, 1.807) is 6.07 Å².